The third-order valence-electron chi connectivity index (χ3n) is 5.62. The van der Waals surface area contributed by atoms with Crippen LogP contribution >= 0.6 is 0 Å². The number of carbonyl (C=O) groups excluding carboxylic acids is 1. The normalized spacial score (nSPS) is 20.6. The minimum atomic E-state index is 0.288. The standard InChI is InChI=1S/C18H18N4O2/c23-13-9-18(10-13)6-3-12(4-7-18)17-21-16(22-24-17)14-2-1-11-5-8-19-15(11)20-14/h1-2,5,8,12H,3-4,6-7,9-10H2,(H,19,20). The van der Waals surface area contributed by atoms with E-state index in [1.165, 1.54) is 0 Å². The van der Waals surface area contributed by atoms with Crippen molar-refractivity contribution in [1.29, 1.82) is 0 Å². The van der Waals surface area contributed by atoms with Gasteiger partial charge in [0.05, 0.1) is 0 Å². The van der Waals surface area contributed by atoms with Crippen LogP contribution in [-0.2, 0) is 4.79 Å². The predicted molar refractivity (Wildman–Crippen MR) is 87.3 cm³/mol. The molecule has 24 heavy (non-hydrogen) atoms. The van der Waals surface area contributed by atoms with Crippen LogP contribution in [-0.4, -0.2) is 25.9 Å². The van der Waals surface area contributed by atoms with Crippen molar-refractivity contribution < 1.29 is 9.32 Å². The second kappa shape index (κ2) is 5.00. The maximum Gasteiger partial charge on any atom is 0.230 e. The minimum Gasteiger partial charge on any atom is -0.346 e. The third-order valence-corrected chi connectivity index (χ3v) is 5.62. The Hall–Kier alpha value is -2.50. The maximum absolute atomic E-state index is 11.3. The number of hydrogen-bond acceptors (Lipinski definition) is 5. The molecule has 0 atom stereocenters. The summed E-state index contributed by atoms with van der Waals surface area (Å²) < 4.78 is 5.51. The van der Waals surface area contributed by atoms with Gasteiger partial charge in [0.2, 0.25) is 11.7 Å². The van der Waals surface area contributed by atoms with E-state index in [0.29, 0.717) is 23.4 Å². The lowest BCUT2D eigenvalue weighted by molar-refractivity contribution is -0.134. The summed E-state index contributed by atoms with van der Waals surface area (Å²) >= 11 is 0. The van der Waals surface area contributed by atoms with Gasteiger partial charge < -0.3 is 9.51 Å². The van der Waals surface area contributed by atoms with Crippen molar-refractivity contribution in [3.8, 4) is 11.5 Å². The summed E-state index contributed by atoms with van der Waals surface area (Å²) in [5, 5.41) is 5.18. The fourth-order valence-electron chi connectivity index (χ4n) is 4.18. The molecular weight excluding hydrogens is 304 g/mol. The second-order valence-electron chi connectivity index (χ2n) is 7.23. The van der Waals surface area contributed by atoms with Crippen LogP contribution in [0.1, 0.15) is 50.3 Å². The number of rotatable bonds is 2. The van der Waals surface area contributed by atoms with Crippen LogP contribution < -0.4 is 0 Å². The number of ketones is 1. The Morgan fingerprint density at radius 1 is 1.12 bits per heavy atom. The summed E-state index contributed by atoms with van der Waals surface area (Å²) in [6.07, 6.45) is 7.65. The number of nitrogens with one attached hydrogen (secondary N) is 1. The molecule has 0 aliphatic heterocycles. The van der Waals surface area contributed by atoms with Crippen molar-refractivity contribution in [2.75, 3.05) is 0 Å². The summed E-state index contributed by atoms with van der Waals surface area (Å²) in [7, 11) is 0. The molecule has 1 N–H and O–H groups in total. The van der Waals surface area contributed by atoms with E-state index in [0.717, 1.165) is 55.3 Å². The second-order valence-corrected chi connectivity index (χ2v) is 7.23. The Morgan fingerprint density at radius 3 is 2.75 bits per heavy atom. The number of nitrogens with zero attached hydrogens (tertiary/aromatic N) is 3. The lowest BCUT2D eigenvalue weighted by Crippen LogP contribution is -2.40. The van der Waals surface area contributed by atoms with Gasteiger partial charge >= 0.3 is 0 Å². The molecule has 0 amide bonds. The van der Waals surface area contributed by atoms with Gasteiger partial charge in [-0.2, -0.15) is 4.98 Å². The zero-order valence-electron chi connectivity index (χ0n) is 13.3. The lowest BCUT2D eigenvalue weighted by atomic mass is 9.58. The van der Waals surface area contributed by atoms with E-state index in [2.05, 4.69) is 20.1 Å². The largest absolute Gasteiger partial charge is 0.346 e. The zero-order chi connectivity index (χ0) is 16.1. The highest BCUT2D eigenvalue weighted by Gasteiger charge is 2.46. The van der Waals surface area contributed by atoms with Crippen molar-refractivity contribution in [1.82, 2.24) is 20.1 Å². The summed E-state index contributed by atoms with van der Waals surface area (Å²) in [6.45, 7) is 0. The number of fused-ring (bicyclic) bond motifs is 1. The van der Waals surface area contributed by atoms with Crippen LogP contribution in [0.2, 0.25) is 0 Å². The molecule has 0 radical (unpaired) electrons. The fraction of sp³-hybridized carbons (Fsp3) is 0.444. The topological polar surface area (TPSA) is 84.7 Å². The molecule has 2 aliphatic rings. The highest BCUT2D eigenvalue weighted by atomic mass is 16.5. The van der Waals surface area contributed by atoms with Crippen LogP contribution in [0.4, 0.5) is 0 Å². The van der Waals surface area contributed by atoms with Gasteiger partial charge in [-0.05, 0) is 49.3 Å². The van der Waals surface area contributed by atoms with E-state index in [1.54, 1.807) is 0 Å². The van der Waals surface area contributed by atoms with E-state index < -0.39 is 0 Å². The summed E-state index contributed by atoms with van der Waals surface area (Å²) in [5.41, 5.74) is 1.83. The number of Topliss-reactive ketones (excluding diaryl/α,β-unsaturated/α-hetero) is 1. The molecule has 2 aliphatic carbocycles. The monoisotopic (exact) mass is 322 g/mol. The molecule has 5 rings (SSSR count). The molecule has 0 aromatic carbocycles. The maximum atomic E-state index is 11.3. The third kappa shape index (κ3) is 2.17. The molecule has 3 aromatic heterocycles. The molecule has 6 nitrogen and oxygen atoms in total. The van der Waals surface area contributed by atoms with Crippen molar-refractivity contribution in [3.63, 3.8) is 0 Å². The fourth-order valence-corrected chi connectivity index (χ4v) is 4.18. The van der Waals surface area contributed by atoms with Crippen LogP contribution in [0.15, 0.2) is 28.9 Å². The molecule has 1 spiro atoms. The summed E-state index contributed by atoms with van der Waals surface area (Å²) in [6, 6.07) is 5.90. The first kappa shape index (κ1) is 13.9. The Bertz CT molecular complexity index is 908. The minimum absolute atomic E-state index is 0.288. The number of aromatic amines is 1. The van der Waals surface area contributed by atoms with E-state index in [1.807, 2.05) is 24.4 Å². The first-order valence-electron chi connectivity index (χ1n) is 8.51. The molecule has 122 valence electrons. The number of carbonyl (C=O) groups is 1. The first-order chi connectivity index (χ1) is 11.7. The van der Waals surface area contributed by atoms with Crippen molar-refractivity contribution in [3.05, 3.63) is 30.3 Å². The average molecular weight is 322 g/mol. The Balaban J connectivity index is 1.35. The Labute approximate surface area is 138 Å². The number of pyridine rings is 1. The SMILES string of the molecule is O=C1CC2(CCC(c3nc(-c4ccc5cc[nH]c5n4)no3)CC2)C1. The summed E-state index contributed by atoms with van der Waals surface area (Å²) in [5.74, 6) is 1.97. The van der Waals surface area contributed by atoms with Crippen LogP contribution in [0.3, 0.4) is 0 Å². The highest BCUT2D eigenvalue weighted by molar-refractivity contribution is 5.86. The molecule has 0 bridgehead atoms. The van der Waals surface area contributed by atoms with Gasteiger partial charge in [-0.15, -0.1) is 0 Å². The molecule has 6 heteroatoms. The molecule has 3 heterocycles. The van der Waals surface area contributed by atoms with Gasteiger partial charge in [-0.1, -0.05) is 5.16 Å². The van der Waals surface area contributed by atoms with Crippen LogP contribution in [0.5, 0.6) is 0 Å². The Morgan fingerprint density at radius 2 is 1.96 bits per heavy atom. The average Bonchev–Trinajstić information content (AvgIpc) is 3.23. The molecule has 2 saturated carbocycles. The number of hydrogen-bond donors (Lipinski definition) is 1. The quantitative estimate of drug-likeness (QED) is 0.779. The van der Waals surface area contributed by atoms with Gasteiger partial charge in [-0.3, -0.25) is 4.79 Å². The van der Waals surface area contributed by atoms with Crippen molar-refractivity contribution in [2.24, 2.45) is 5.41 Å². The number of H-pyrrole nitrogens is 1. The van der Waals surface area contributed by atoms with E-state index in [-0.39, 0.29) is 5.41 Å². The van der Waals surface area contributed by atoms with Crippen LogP contribution in [0.25, 0.3) is 22.6 Å². The highest BCUT2D eigenvalue weighted by Crippen LogP contribution is 2.52. The number of aromatic nitrogens is 4. The van der Waals surface area contributed by atoms with Gasteiger partial charge in [-0.25, -0.2) is 4.98 Å². The zero-order valence-corrected chi connectivity index (χ0v) is 13.3. The smallest absolute Gasteiger partial charge is 0.230 e. The molecule has 0 saturated heterocycles. The van der Waals surface area contributed by atoms with Gasteiger partial charge in [0.15, 0.2) is 0 Å². The van der Waals surface area contributed by atoms with Gasteiger partial charge in [0.1, 0.15) is 17.1 Å². The Kier molecular flexibility index (Phi) is 2.89. The molecular formula is C18H18N4O2. The van der Waals surface area contributed by atoms with Gasteiger partial charge in [0.25, 0.3) is 0 Å². The summed E-state index contributed by atoms with van der Waals surface area (Å²) in [4.78, 5) is 23.5. The van der Waals surface area contributed by atoms with Crippen LogP contribution in [0, 0.1) is 5.41 Å². The molecule has 0 unspecified atom stereocenters. The lowest BCUT2D eigenvalue weighted by Gasteiger charge is -2.45. The molecule has 3 aromatic rings. The van der Waals surface area contributed by atoms with E-state index in [4.69, 9.17) is 4.52 Å². The van der Waals surface area contributed by atoms with E-state index >= 15 is 0 Å². The van der Waals surface area contributed by atoms with Crippen molar-refractivity contribution in [2.45, 2.75) is 44.4 Å². The van der Waals surface area contributed by atoms with Crippen molar-refractivity contribution >= 4 is 16.8 Å². The van der Waals surface area contributed by atoms with Gasteiger partial charge in [0, 0.05) is 30.3 Å². The predicted octanol–water partition coefficient (Wildman–Crippen LogP) is 3.62. The first-order valence-corrected chi connectivity index (χ1v) is 8.51. The molecule has 2 fully saturated rings. The van der Waals surface area contributed by atoms with E-state index in [9.17, 15) is 4.79 Å².